The Morgan fingerprint density at radius 1 is 1.30 bits per heavy atom. The van der Waals surface area contributed by atoms with Crippen molar-refractivity contribution >= 4 is 11.8 Å². The van der Waals surface area contributed by atoms with Crippen LogP contribution in [0.25, 0.3) is 0 Å². The SMILES string of the molecule is CCCCn1c(O)c(C(=N)N)c(=O)n(C2CCC3(CC2)CC(C)(C(=O)OC)C3)c1=O. The molecule has 1 aromatic heterocycles. The number of amidine groups is 1. The predicted molar refractivity (Wildman–Crippen MR) is 112 cm³/mol. The third-order valence-corrected chi connectivity index (χ3v) is 6.94. The maximum Gasteiger partial charge on any atom is 0.334 e. The second-order valence-corrected chi connectivity index (χ2v) is 9.21. The Kier molecular flexibility index (Phi) is 5.84. The number of nitrogens with two attached hydrogens (primary N) is 1. The summed E-state index contributed by atoms with van der Waals surface area (Å²) in [7, 11) is 1.41. The first-order valence-electron chi connectivity index (χ1n) is 10.6. The number of hydrogen-bond donors (Lipinski definition) is 3. The fourth-order valence-electron chi connectivity index (χ4n) is 5.55. The molecule has 2 saturated carbocycles. The van der Waals surface area contributed by atoms with Crippen molar-refractivity contribution in [2.75, 3.05) is 7.11 Å². The van der Waals surface area contributed by atoms with E-state index in [1.807, 2.05) is 13.8 Å². The standard InChI is InChI=1S/C21H32N4O5/c1-4-5-10-24-16(26)14(15(22)23)17(27)25(19(24)29)13-6-8-21(9-7-13)11-20(2,12-21)18(28)30-3/h13,26H,4-12H2,1-3H3,(H3,22,23). The average Bonchev–Trinajstić information content (AvgIpc) is 2.67. The van der Waals surface area contributed by atoms with Gasteiger partial charge in [-0.25, -0.2) is 4.79 Å². The van der Waals surface area contributed by atoms with E-state index < -0.39 is 28.4 Å². The molecule has 9 nitrogen and oxygen atoms in total. The molecule has 30 heavy (non-hydrogen) atoms. The van der Waals surface area contributed by atoms with E-state index in [-0.39, 0.29) is 29.5 Å². The lowest BCUT2D eigenvalue weighted by Gasteiger charge is -2.56. The van der Waals surface area contributed by atoms with Crippen LogP contribution in [0.4, 0.5) is 0 Å². The van der Waals surface area contributed by atoms with Crippen LogP contribution in [0, 0.1) is 16.2 Å². The third-order valence-electron chi connectivity index (χ3n) is 6.94. The number of nitrogens with zero attached hydrogens (tertiary/aromatic N) is 2. The first kappa shape index (κ1) is 22.1. The number of nitrogen functional groups attached to an aromatic ring is 1. The molecule has 2 aliphatic carbocycles. The Bertz CT molecular complexity index is 961. The number of aromatic hydroxyl groups is 1. The smallest absolute Gasteiger partial charge is 0.334 e. The zero-order valence-electron chi connectivity index (χ0n) is 18.0. The molecule has 1 spiro atoms. The molecule has 1 heterocycles. The quantitative estimate of drug-likeness (QED) is 0.364. The molecule has 0 amide bonds. The predicted octanol–water partition coefficient (Wildman–Crippen LogP) is 1.87. The Morgan fingerprint density at radius 3 is 2.40 bits per heavy atom. The Labute approximate surface area is 175 Å². The molecular formula is C21H32N4O5. The van der Waals surface area contributed by atoms with Crippen molar-refractivity contribution in [2.24, 2.45) is 16.6 Å². The van der Waals surface area contributed by atoms with Crippen molar-refractivity contribution in [2.45, 2.75) is 77.8 Å². The van der Waals surface area contributed by atoms with E-state index in [4.69, 9.17) is 15.9 Å². The molecule has 2 fully saturated rings. The van der Waals surface area contributed by atoms with E-state index in [1.165, 1.54) is 11.7 Å². The van der Waals surface area contributed by atoms with Gasteiger partial charge in [-0.15, -0.1) is 0 Å². The van der Waals surface area contributed by atoms with Gasteiger partial charge in [0, 0.05) is 12.6 Å². The molecule has 166 valence electrons. The molecule has 0 bridgehead atoms. The number of carbonyl (C=O) groups is 1. The maximum absolute atomic E-state index is 13.1. The number of unbranched alkanes of at least 4 members (excludes halogenated alkanes) is 1. The van der Waals surface area contributed by atoms with Gasteiger partial charge >= 0.3 is 11.7 Å². The summed E-state index contributed by atoms with van der Waals surface area (Å²) in [5, 5.41) is 18.1. The molecule has 0 saturated heterocycles. The van der Waals surface area contributed by atoms with Crippen molar-refractivity contribution in [3.05, 3.63) is 26.4 Å². The van der Waals surface area contributed by atoms with Gasteiger partial charge in [-0.1, -0.05) is 13.3 Å². The van der Waals surface area contributed by atoms with Gasteiger partial charge in [-0.05, 0) is 57.3 Å². The van der Waals surface area contributed by atoms with Gasteiger partial charge in [0.25, 0.3) is 5.56 Å². The fourth-order valence-corrected chi connectivity index (χ4v) is 5.55. The monoisotopic (exact) mass is 420 g/mol. The van der Waals surface area contributed by atoms with Gasteiger partial charge in [-0.2, -0.15) is 0 Å². The van der Waals surface area contributed by atoms with Gasteiger partial charge in [-0.3, -0.25) is 24.1 Å². The minimum atomic E-state index is -0.702. The van der Waals surface area contributed by atoms with Gasteiger partial charge in [0.15, 0.2) is 0 Å². The van der Waals surface area contributed by atoms with Crippen LogP contribution in [-0.4, -0.2) is 33.2 Å². The fraction of sp³-hybridized carbons (Fsp3) is 0.714. The summed E-state index contributed by atoms with van der Waals surface area (Å²) < 4.78 is 7.26. The highest BCUT2D eigenvalue weighted by Gasteiger charge is 2.57. The number of hydrogen-bond acceptors (Lipinski definition) is 6. The first-order chi connectivity index (χ1) is 14.1. The molecule has 0 unspecified atom stereocenters. The summed E-state index contributed by atoms with van der Waals surface area (Å²) in [5.41, 5.74) is 3.59. The van der Waals surface area contributed by atoms with Gasteiger partial charge in [0.1, 0.15) is 11.4 Å². The van der Waals surface area contributed by atoms with E-state index in [0.717, 1.165) is 36.7 Å². The second kappa shape index (κ2) is 7.92. The molecule has 3 rings (SSSR count). The van der Waals surface area contributed by atoms with Crippen LogP contribution in [0.3, 0.4) is 0 Å². The largest absolute Gasteiger partial charge is 0.494 e. The minimum Gasteiger partial charge on any atom is -0.494 e. The van der Waals surface area contributed by atoms with Crippen LogP contribution in [0.15, 0.2) is 9.59 Å². The topological polar surface area (TPSA) is 140 Å². The number of aromatic nitrogens is 2. The van der Waals surface area contributed by atoms with Crippen LogP contribution in [0.1, 0.15) is 76.8 Å². The lowest BCUT2D eigenvalue weighted by molar-refractivity contribution is -0.170. The van der Waals surface area contributed by atoms with E-state index in [1.54, 1.807) is 0 Å². The zero-order valence-corrected chi connectivity index (χ0v) is 18.0. The summed E-state index contributed by atoms with van der Waals surface area (Å²) in [5.74, 6) is -1.26. The average molecular weight is 421 g/mol. The van der Waals surface area contributed by atoms with Crippen LogP contribution in [0.5, 0.6) is 5.88 Å². The van der Waals surface area contributed by atoms with E-state index in [9.17, 15) is 19.5 Å². The zero-order chi connectivity index (χ0) is 22.3. The number of methoxy groups -OCH3 is 1. The number of esters is 1. The Morgan fingerprint density at radius 2 is 1.90 bits per heavy atom. The Hall–Kier alpha value is -2.58. The first-order valence-corrected chi connectivity index (χ1v) is 10.6. The van der Waals surface area contributed by atoms with Gasteiger partial charge in [0.2, 0.25) is 5.88 Å². The normalized spacial score (nSPS) is 28.2. The lowest BCUT2D eigenvalue weighted by Crippen LogP contribution is -2.52. The Balaban J connectivity index is 1.88. The number of nitrogens with one attached hydrogen (secondary N) is 1. The third kappa shape index (κ3) is 3.54. The summed E-state index contributed by atoms with van der Waals surface area (Å²) in [6, 6.07) is -0.313. The minimum absolute atomic E-state index is 0.0462. The maximum atomic E-state index is 13.1. The molecular weight excluding hydrogens is 388 g/mol. The summed E-state index contributed by atoms with van der Waals surface area (Å²) in [4.78, 5) is 38.0. The van der Waals surface area contributed by atoms with Crippen molar-refractivity contribution in [1.29, 1.82) is 5.41 Å². The summed E-state index contributed by atoms with van der Waals surface area (Å²) in [6.45, 7) is 4.15. The van der Waals surface area contributed by atoms with Crippen molar-refractivity contribution in [1.82, 2.24) is 9.13 Å². The second-order valence-electron chi connectivity index (χ2n) is 9.21. The number of carbonyl (C=O) groups excluding carboxylic acids is 1. The highest BCUT2D eigenvalue weighted by atomic mass is 16.5. The number of ether oxygens (including phenoxy) is 1. The molecule has 9 heteroatoms. The van der Waals surface area contributed by atoms with Crippen LogP contribution in [-0.2, 0) is 16.1 Å². The highest BCUT2D eigenvalue weighted by Crippen LogP contribution is 2.62. The van der Waals surface area contributed by atoms with Crippen LogP contribution < -0.4 is 17.0 Å². The van der Waals surface area contributed by atoms with Gasteiger partial charge in [0.05, 0.1) is 12.5 Å². The lowest BCUT2D eigenvalue weighted by atomic mass is 9.49. The van der Waals surface area contributed by atoms with E-state index in [0.29, 0.717) is 19.3 Å². The molecule has 0 aliphatic heterocycles. The molecule has 1 aromatic rings. The summed E-state index contributed by atoms with van der Waals surface area (Å²) >= 11 is 0. The summed E-state index contributed by atoms with van der Waals surface area (Å²) in [6.07, 6.45) is 5.84. The van der Waals surface area contributed by atoms with Gasteiger partial charge < -0.3 is 15.6 Å². The van der Waals surface area contributed by atoms with E-state index in [2.05, 4.69) is 0 Å². The molecule has 0 radical (unpaired) electrons. The molecule has 4 N–H and O–H groups in total. The van der Waals surface area contributed by atoms with Crippen molar-refractivity contribution < 1.29 is 14.6 Å². The van der Waals surface area contributed by atoms with Crippen molar-refractivity contribution in [3.63, 3.8) is 0 Å². The molecule has 2 aliphatic rings. The number of rotatable bonds is 6. The highest BCUT2D eigenvalue weighted by molar-refractivity contribution is 5.96. The van der Waals surface area contributed by atoms with E-state index >= 15 is 0 Å². The van der Waals surface area contributed by atoms with Crippen molar-refractivity contribution in [3.8, 4) is 5.88 Å². The van der Waals surface area contributed by atoms with Crippen LogP contribution >= 0.6 is 0 Å². The molecule has 0 aromatic carbocycles. The molecule has 0 atom stereocenters. The van der Waals surface area contributed by atoms with Crippen LogP contribution in [0.2, 0.25) is 0 Å².